The quantitative estimate of drug-likeness (QED) is 0.534. The first-order chi connectivity index (χ1) is 13.6. The summed E-state index contributed by atoms with van der Waals surface area (Å²) >= 11 is 5.98. The number of halogens is 7. The van der Waals surface area contributed by atoms with Crippen LogP contribution in [-0.2, 0) is 18.0 Å². The fourth-order valence-electron chi connectivity index (χ4n) is 3.28. The lowest BCUT2D eigenvalue weighted by Crippen LogP contribution is -2.50. The van der Waals surface area contributed by atoms with Gasteiger partial charge in [0.15, 0.2) is 5.60 Å². The van der Waals surface area contributed by atoms with Crippen molar-refractivity contribution in [3.05, 3.63) is 69.7 Å². The van der Waals surface area contributed by atoms with E-state index in [1.807, 2.05) is 6.07 Å². The summed E-state index contributed by atoms with van der Waals surface area (Å²) in [6, 6.07) is 9.34. The first-order valence-corrected chi connectivity index (χ1v) is 9.12. The Morgan fingerprint density at radius 3 is 1.90 bits per heavy atom. The molecule has 1 N–H and O–H groups in total. The van der Waals surface area contributed by atoms with Crippen LogP contribution in [0.5, 0.6) is 0 Å². The van der Waals surface area contributed by atoms with Crippen LogP contribution >= 0.6 is 11.6 Å². The smallest absolute Gasteiger partial charge is 0.380 e. The molecule has 2 aromatic rings. The molecule has 2 rings (SSSR count). The van der Waals surface area contributed by atoms with E-state index in [0.717, 1.165) is 24.3 Å². The van der Waals surface area contributed by atoms with Gasteiger partial charge in [-0.25, -0.2) is 0 Å². The third kappa shape index (κ3) is 5.27. The second-order valence-electron chi connectivity index (χ2n) is 7.76. The van der Waals surface area contributed by atoms with E-state index >= 15 is 0 Å². The summed E-state index contributed by atoms with van der Waals surface area (Å²) in [5.74, 6) is 0. The topological polar surface area (TPSA) is 44.0 Å². The molecular formula is C21H18ClF6NO. The Kier molecular flexibility index (Phi) is 6.51. The number of aliphatic hydroxyl groups is 1. The van der Waals surface area contributed by atoms with Gasteiger partial charge in [-0.1, -0.05) is 43.6 Å². The van der Waals surface area contributed by atoms with Gasteiger partial charge < -0.3 is 5.11 Å². The van der Waals surface area contributed by atoms with Crippen molar-refractivity contribution in [2.75, 3.05) is 0 Å². The van der Waals surface area contributed by atoms with Crippen molar-refractivity contribution < 1.29 is 31.4 Å². The molecule has 0 bridgehead atoms. The molecule has 0 saturated carbocycles. The summed E-state index contributed by atoms with van der Waals surface area (Å²) in [6.45, 7) is 2.82. The highest BCUT2D eigenvalue weighted by atomic mass is 35.5. The fourth-order valence-corrected chi connectivity index (χ4v) is 3.53. The molecule has 0 saturated heterocycles. The Morgan fingerprint density at radius 1 is 0.933 bits per heavy atom. The number of alkyl halides is 6. The minimum Gasteiger partial charge on any atom is -0.380 e. The van der Waals surface area contributed by atoms with Crippen LogP contribution in [0.1, 0.15) is 42.5 Å². The Balaban J connectivity index is 2.38. The van der Waals surface area contributed by atoms with Gasteiger partial charge in [0.1, 0.15) is 0 Å². The maximum Gasteiger partial charge on any atom is 0.417 e. The van der Waals surface area contributed by atoms with Crippen molar-refractivity contribution in [1.29, 1.82) is 5.26 Å². The van der Waals surface area contributed by atoms with E-state index in [1.54, 1.807) is 0 Å². The SMILES string of the molecule is CC(C)(CC(O)(Cc1ccc(C#N)cc1Cl)C(F)(F)F)c1ccc(C(F)(F)F)cc1. The second kappa shape index (κ2) is 8.12. The highest BCUT2D eigenvalue weighted by molar-refractivity contribution is 6.31. The van der Waals surface area contributed by atoms with Crippen LogP contribution < -0.4 is 0 Å². The third-order valence-corrected chi connectivity index (χ3v) is 5.27. The number of hydrogen-bond acceptors (Lipinski definition) is 2. The van der Waals surface area contributed by atoms with Gasteiger partial charge in [0.2, 0.25) is 0 Å². The normalized spacial score (nSPS) is 14.8. The highest BCUT2D eigenvalue weighted by Gasteiger charge is 2.56. The molecule has 0 spiro atoms. The average Bonchev–Trinajstić information content (AvgIpc) is 2.61. The van der Waals surface area contributed by atoms with Gasteiger partial charge in [0, 0.05) is 11.4 Å². The highest BCUT2D eigenvalue weighted by Crippen LogP contribution is 2.44. The van der Waals surface area contributed by atoms with Gasteiger partial charge in [0.05, 0.1) is 17.2 Å². The van der Waals surface area contributed by atoms with E-state index in [-0.39, 0.29) is 21.7 Å². The number of hydrogen-bond donors (Lipinski definition) is 1. The average molecular weight is 450 g/mol. The predicted octanol–water partition coefficient (Wildman–Crippen LogP) is 6.43. The lowest BCUT2D eigenvalue weighted by atomic mass is 9.73. The number of rotatable bonds is 5. The Morgan fingerprint density at radius 2 is 1.47 bits per heavy atom. The summed E-state index contributed by atoms with van der Waals surface area (Å²) in [6.07, 6.45) is -11.3. The van der Waals surface area contributed by atoms with E-state index in [9.17, 15) is 31.4 Å². The van der Waals surface area contributed by atoms with Gasteiger partial charge in [-0.15, -0.1) is 0 Å². The minimum absolute atomic E-state index is 0.00119. The predicted molar refractivity (Wildman–Crippen MR) is 100.0 cm³/mol. The van der Waals surface area contributed by atoms with E-state index in [2.05, 4.69) is 0 Å². The molecule has 162 valence electrons. The van der Waals surface area contributed by atoms with E-state index in [1.165, 1.54) is 32.0 Å². The molecular weight excluding hydrogens is 432 g/mol. The van der Waals surface area contributed by atoms with E-state index in [0.29, 0.717) is 0 Å². The molecule has 1 unspecified atom stereocenters. The van der Waals surface area contributed by atoms with Crippen molar-refractivity contribution >= 4 is 11.6 Å². The maximum atomic E-state index is 13.8. The number of nitrogens with zero attached hydrogens (tertiary/aromatic N) is 1. The van der Waals surface area contributed by atoms with Crippen LogP contribution in [0, 0.1) is 11.3 Å². The van der Waals surface area contributed by atoms with Gasteiger partial charge in [-0.2, -0.15) is 31.6 Å². The van der Waals surface area contributed by atoms with Crippen LogP contribution in [0.4, 0.5) is 26.3 Å². The van der Waals surface area contributed by atoms with Crippen LogP contribution in [0.25, 0.3) is 0 Å². The van der Waals surface area contributed by atoms with Crippen molar-refractivity contribution in [2.45, 2.75) is 50.1 Å². The molecule has 0 aliphatic rings. The molecule has 0 heterocycles. The lowest BCUT2D eigenvalue weighted by Gasteiger charge is -2.38. The molecule has 0 aromatic heterocycles. The summed E-state index contributed by atoms with van der Waals surface area (Å²) in [5, 5.41) is 19.4. The van der Waals surface area contributed by atoms with Gasteiger partial charge >= 0.3 is 12.4 Å². The first-order valence-electron chi connectivity index (χ1n) is 8.74. The Labute approximate surface area is 174 Å². The summed E-state index contributed by atoms with van der Waals surface area (Å²) in [7, 11) is 0. The maximum absolute atomic E-state index is 13.8. The summed E-state index contributed by atoms with van der Waals surface area (Å²) in [5.41, 5.74) is -5.06. The lowest BCUT2D eigenvalue weighted by molar-refractivity contribution is -0.266. The fraction of sp³-hybridized carbons (Fsp3) is 0.381. The molecule has 30 heavy (non-hydrogen) atoms. The van der Waals surface area contributed by atoms with Crippen LogP contribution in [-0.4, -0.2) is 16.9 Å². The molecule has 0 amide bonds. The van der Waals surface area contributed by atoms with Crippen LogP contribution in [0.3, 0.4) is 0 Å². The summed E-state index contributed by atoms with van der Waals surface area (Å²) < 4.78 is 79.8. The zero-order valence-corrected chi connectivity index (χ0v) is 16.8. The summed E-state index contributed by atoms with van der Waals surface area (Å²) in [4.78, 5) is 0. The molecule has 0 aliphatic carbocycles. The zero-order valence-electron chi connectivity index (χ0n) is 16.0. The molecule has 0 fully saturated rings. The van der Waals surface area contributed by atoms with Crippen LogP contribution in [0.15, 0.2) is 42.5 Å². The zero-order chi connectivity index (χ0) is 23.0. The number of nitriles is 1. The Hall–Kier alpha value is -2.24. The van der Waals surface area contributed by atoms with Crippen molar-refractivity contribution in [2.24, 2.45) is 0 Å². The largest absolute Gasteiger partial charge is 0.417 e. The molecule has 0 aliphatic heterocycles. The standard InChI is InChI=1S/C21H18ClF6NO/c1-18(2,15-5-7-16(8-6-15)20(23,24)25)12-19(30,21(26,27)28)10-14-4-3-13(11-29)9-17(14)22/h3-9,30H,10,12H2,1-2H3. The molecule has 2 nitrogen and oxygen atoms in total. The first kappa shape index (κ1) is 24.0. The molecule has 9 heteroatoms. The van der Waals surface area contributed by atoms with E-state index in [4.69, 9.17) is 16.9 Å². The van der Waals surface area contributed by atoms with Gasteiger partial charge in [0.25, 0.3) is 0 Å². The minimum atomic E-state index is -5.03. The van der Waals surface area contributed by atoms with Crippen molar-refractivity contribution in [3.8, 4) is 6.07 Å². The third-order valence-electron chi connectivity index (χ3n) is 4.92. The van der Waals surface area contributed by atoms with Crippen molar-refractivity contribution in [1.82, 2.24) is 0 Å². The molecule has 1 atom stereocenters. The second-order valence-corrected chi connectivity index (χ2v) is 8.17. The Bertz CT molecular complexity index is 944. The van der Waals surface area contributed by atoms with Gasteiger partial charge in [-0.05, 0) is 47.2 Å². The van der Waals surface area contributed by atoms with Crippen molar-refractivity contribution in [3.63, 3.8) is 0 Å². The molecule has 0 radical (unpaired) electrons. The molecule has 2 aromatic carbocycles. The van der Waals surface area contributed by atoms with Gasteiger partial charge in [-0.3, -0.25) is 0 Å². The number of benzene rings is 2. The van der Waals surface area contributed by atoms with E-state index < -0.39 is 41.8 Å². The monoisotopic (exact) mass is 449 g/mol. The van der Waals surface area contributed by atoms with Crippen LogP contribution in [0.2, 0.25) is 5.02 Å².